The molecule has 44 heavy (non-hydrogen) atoms. The van der Waals surface area contributed by atoms with E-state index < -0.39 is 57.1 Å². The molecule has 1 unspecified atom stereocenters. The van der Waals surface area contributed by atoms with Gasteiger partial charge in [-0.25, -0.2) is 0 Å². The molecule has 0 radical (unpaired) electrons. The van der Waals surface area contributed by atoms with Crippen LogP contribution in [0.25, 0.3) is 0 Å². The Kier molecular flexibility index (Phi) is 14.4. The van der Waals surface area contributed by atoms with E-state index in [2.05, 4.69) is 15.4 Å². The van der Waals surface area contributed by atoms with Crippen molar-refractivity contribution in [2.75, 3.05) is 32.1 Å². The molecule has 0 aromatic heterocycles. The number of aliphatic hydroxyl groups is 2. The summed E-state index contributed by atoms with van der Waals surface area (Å²) in [5.74, 6) is -0.319. The standard InChI is InChI=1S/C31H52N4O7S2/c1-5-43-30(29(39)32-24(20-22-12-8-6-9-13-22)26(36)27(37)31(2,3)4)33-28(38)25(21-23-14-10-7-11-15-23)34-44(40,41)35-16-18-42-19-17-35/h7,10-11,14-15,22,24-27,30,34,36-37H,5-6,8-9,12-13,16-21H2,1-4H3,(H,32,39)(H,33,38)/t24-,25-,26+,27+,30?/m0/s1. The molecule has 1 aromatic carbocycles. The Hall–Kier alpha value is -1.74. The van der Waals surface area contributed by atoms with Crippen LogP contribution in [-0.2, 0) is 31.0 Å². The van der Waals surface area contributed by atoms with Crippen molar-refractivity contribution >= 4 is 33.8 Å². The summed E-state index contributed by atoms with van der Waals surface area (Å²) < 4.78 is 35.6. The highest BCUT2D eigenvalue weighted by atomic mass is 32.2. The van der Waals surface area contributed by atoms with Crippen LogP contribution in [0, 0.1) is 11.3 Å². The summed E-state index contributed by atoms with van der Waals surface area (Å²) in [4.78, 5) is 27.4. The summed E-state index contributed by atoms with van der Waals surface area (Å²) in [6.07, 6.45) is 3.69. The molecule has 5 N–H and O–H groups in total. The minimum atomic E-state index is -4.01. The average Bonchev–Trinajstić information content (AvgIpc) is 3.00. The van der Waals surface area contributed by atoms with Crippen LogP contribution in [0.5, 0.6) is 0 Å². The largest absolute Gasteiger partial charge is 0.390 e. The van der Waals surface area contributed by atoms with E-state index in [0.29, 0.717) is 18.1 Å². The van der Waals surface area contributed by atoms with Gasteiger partial charge < -0.3 is 25.6 Å². The molecular weight excluding hydrogens is 604 g/mol. The van der Waals surface area contributed by atoms with Crippen molar-refractivity contribution in [3.05, 3.63) is 35.9 Å². The highest BCUT2D eigenvalue weighted by molar-refractivity contribution is 8.00. The van der Waals surface area contributed by atoms with Gasteiger partial charge in [0, 0.05) is 13.1 Å². The summed E-state index contributed by atoms with van der Waals surface area (Å²) in [6.45, 7) is 8.25. The first-order valence-corrected chi connectivity index (χ1v) is 18.3. The number of aliphatic hydroxyl groups excluding tert-OH is 2. The number of nitrogens with zero attached hydrogens (tertiary/aromatic N) is 1. The second kappa shape index (κ2) is 17.3. The van der Waals surface area contributed by atoms with Crippen LogP contribution >= 0.6 is 11.8 Å². The summed E-state index contributed by atoms with van der Waals surface area (Å²) in [7, 11) is -4.01. The van der Waals surface area contributed by atoms with Gasteiger partial charge in [-0.3, -0.25) is 9.59 Å². The fourth-order valence-electron chi connectivity index (χ4n) is 5.71. The first kappa shape index (κ1) is 36.7. The van der Waals surface area contributed by atoms with Gasteiger partial charge in [0.25, 0.3) is 16.1 Å². The Morgan fingerprint density at radius 3 is 2.25 bits per heavy atom. The number of hydrogen-bond acceptors (Lipinski definition) is 8. The van der Waals surface area contributed by atoms with Crippen molar-refractivity contribution in [2.45, 2.75) is 102 Å². The normalized spacial score (nSPS) is 20.7. The van der Waals surface area contributed by atoms with Crippen LogP contribution in [-0.4, -0.2) is 96.5 Å². The van der Waals surface area contributed by atoms with E-state index >= 15 is 0 Å². The molecule has 2 fully saturated rings. The Balaban J connectivity index is 1.79. The van der Waals surface area contributed by atoms with Gasteiger partial charge in [-0.2, -0.15) is 17.4 Å². The Morgan fingerprint density at radius 2 is 1.66 bits per heavy atom. The molecule has 1 saturated carbocycles. The predicted octanol–water partition coefficient (Wildman–Crippen LogP) is 2.18. The zero-order valence-corrected chi connectivity index (χ0v) is 28.2. The summed E-state index contributed by atoms with van der Waals surface area (Å²) in [5, 5.41) is 26.9. The molecule has 0 spiro atoms. The van der Waals surface area contributed by atoms with E-state index in [1.54, 1.807) is 0 Å². The number of carbonyl (C=O) groups excluding carboxylic acids is 2. The van der Waals surface area contributed by atoms with E-state index in [0.717, 1.165) is 31.2 Å². The van der Waals surface area contributed by atoms with Crippen molar-refractivity contribution in [1.29, 1.82) is 0 Å². The fraction of sp³-hybridized carbons (Fsp3) is 0.742. The Bertz CT molecular complexity index is 1140. The predicted molar refractivity (Wildman–Crippen MR) is 173 cm³/mol. The van der Waals surface area contributed by atoms with Gasteiger partial charge in [0.05, 0.1) is 25.4 Å². The van der Waals surface area contributed by atoms with Crippen molar-refractivity contribution < 1.29 is 33.0 Å². The third kappa shape index (κ3) is 11.3. The summed E-state index contributed by atoms with van der Waals surface area (Å²) in [6, 6.07) is 7.20. The zero-order valence-electron chi connectivity index (χ0n) is 26.5. The number of morpholine rings is 1. The van der Waals surface area contributed by atoms with Crippen LogP contribution in [0.4, 0.5) is 0 Å². The lowest BCUT2D eigenvalue weighted by Gasteiger charge is -2.37. The van der Waals surface area contributed by atoms with Crippen LogP contribution in [0.15, 0.2) is 30.3 Å². The first-order chi connectivity index (χ1) is 20.8. The molecule has 5 atom stereocenters. The minimum Gasteiger partial charge on any atom is -0.390 e. The molecule has 2 amide bonds. The monoisotopic (exact) mass is 656 g/mol. The second-order valence-electron chi connectivity index (χ2n) is 12.9. The van der Waals surface area contributed by atoms with Gasteiger partial charge in [-0.1, -0.05) is 90.1 Å². The van der Waals surface area contributed by atoms with Gasteiger partial charge in [0.1, 0.15) is 12.1 Å². The molecule has 1 aliphatic carbocycles. The molecule has 1 saturated heterocycles. The number of benzene rings is 1. The topological polar surface area (TPSA) is 157 Å². The molecule has 11 nitrogen and oxygen atoms in total. The van der Waals surface area contributed by atoms with Crippen LogP contribution in [0.2, 0.25) is 0 Å². The summed E-state index contributed by atoms with van der Waals surface area (Å²) >= 11 is 1.20. The fourth-order valence-corrected chi connectivity index (χ4v) is 7.80. The van der Waals surface area contributed by atoms with Gasteiger partial charge >= 0.3 is 0 Å². The highest BCUT2D eigenvalue weighted by Crippen LogP contribution is 2.31. The lowest BCUT2D eigenvalue weighted by atomic mass is 9.79. The van der Waals surface area contributed by atoms with E-state index in [1.807, 2.05) is 58.0 Å². The Morgan fingerprint density at radius 1 is 1.02 bits per heavy atom. The molecule has 2 aliphatic rings. The maximum Gasteiger partial charge on any atom is 0.280 e. The summed E-state index contributed by atoms with van der Waals surface area (Å²) in [5.41, 5.74) is 0.150. The van der Waals surface area contributed by atoms with E-state index in [-0.39, 0.29) is 32.7 Å². The van der Waals surface area contributed by atoms with E-state index in [1.165, 1.54) is 22.5 Å². The van der Waals surface area contributed by atoms with Crippen molar-refractivity contribution in [3.63, 3.8) is 0 Å². The van der Waals surface area contributed by atoms with Gasteiger partial charge in [-0.05, 0) is 35.5 Å². The SMILES string of the molecule is CCSC(NC(=O)[C@H](Cc1ccccc1)NS(=O)(=O)N1CCOCC1)C(=O)N[C@@H](CC1CCCCC1)[C@@H](O)[C@@H](O)C(C)(C)C. The van der Waals surface area contributed by atoms with Gasteiger partial charge in [-0.15, -0.1) is 11.8 Å². The van der Waals surface area contributed by atoms with Crippen molar-refractivity contribution in [3.8, 4) is 0 Å². The third-order valence-electron chi connectivity index (χ3n) is 8.31. The first-order valence-electron chi connectivity index (χ1n) is 15.8. The molecule has 0 bridgehead atoms. The maximum absolute atomic E-state index is 13.7. The van der Waals surface area contributed by atoms with Crippen LogP contribution in [0.1, 0.15) is 71.8 Å². The molecular formula is C31H52N4O7S2. The number of hydrogen-bond donors (Lipinski definition) is 5. The number of nitrogens with one attached hydrogen (secondary N) is 3. The Labute approximate surface area is 267 Å². The number of thioether (sulfide) groups is 1. The van der Waals surface area contributed by atoms with Crippen LogP contribution in [0.3, 0.4) is 0 Å². The number of rotatable bonds is 15. The molecule has 250 valence electrons. The van der Waals surface area contributed by atoms with Gasteiger partial charge in [0.15, 0.2) is 5.37 Å². The van der Waals surface area contributed by atoms with E-state index in [9.17, 15) is 28.2 Å². The zero-order chi connectivity index (χ0) is 32.3. The third-order valence-corrected chi connectivity index (χ3v) is 10.9. The van der Waals surface area contributed by atoms with Crippen molar-refractivity contribution in [1.82, 2.24) is 19.7 Å². The highest BCUT2D eigenvalue weighted by Gasteiger charge is 2.38. The molecule has 13 heteroatoms. The lowest BCUT2D eigenvalue weighted by molar-refractivity contribution is -0.129. The minimum absolute atomic E-state index is 0.0855. The number of ether oxygens (including phenoxy) is 1. The second-order valence-corrected chi connectivity index (χ2v) is 16.0. The number of amides is 2. The smallest absolute Gasteiger partial charge is 0.280 e. The molecule has 3 rings (SSSR count). The average molecular weight is 657 g/mol. The van der Waals surface area contributed by atoms with E-state index in [4.69, 9.17) is 4.74 Å². The quantitative estimate of drug-likeness (QED) is 0.180. The molecule has 1 aliphatic heterocycles. The van der Waals surface area contributed by atoms with Gasteiger partial charge in [0.2, 0.25) is 5.91 Å². The maximum atomic E-state index is 13.7. The lowest BCUT2D eigenvalue weighted by Crippen LogP contribution is -2.59. The molecule has 1 aromatic rings. The van der Waals surface area contributed by atoms with Crippen LogP contribution < -0.4 is 15.4 Å². The van der Waals surface area contributed by atoms with Crippen molar-refractivity contribution in [2.24, 2.45) is 11.3 Å². The molecule has 1 heterocycles. The number of carbonyl (C=O) groups is 2.